The van der Waals surface area contributed by atoms with Gasteiger partial charge in [0.1, 0.15) is 4.88 Å². The van der Waals surface area contributed by atoms with Gasteiger partial charge in [-0.1, -0.05) is 66.2 Å². The first-order valence-corrected chi connectivity index (χ1v) is 15.1. The zero-order valence-corrected chi connectivity index (χ0v) is 24.1. The third-order valence-electron chi connectivity index (χ3n) is 7.79. The molecule has 1 fully saturated rings. The van der Waals surface area contributed by atoms with Crippen molar-refractivity contribution in [3.8, 4) is 11.1 Å². The predicted octanol–water partition coefficient (Wildman–Crippen LogP) is 8.00. The quantitative estimate of drug-likeness (QED) is 0.212. The summed E-state index contributed by atoms with van der Waals surface area (Å²) < 4.78 is 1.01. The van der Waals surface area contributed by atoms with E-state index in [0.29, 0.717) is 22.0 Å². The molecule has 1 aliphatic rings. The minimum Gasteiger partial charge on any atom is -0.349 e. The van der Waals surface area contributed by atoms with Crippen LogP contribution < -0.4 is 5.32 Å². The fourth-order valence-corrected chi connectivity index (χ4v) is 7.10. The number of hydrogen-bond donors (Lipinski definition) is 1. The van der Waals surface area contributed by atoms with E-state index in [4.69, 9.17) is 11.6 Å². The fraction of sp³-hybridized carbons (Fsp3) is 0.206. The smallest absolute Gasteiger partial charge is 0.266 e. The highest BCUT2D eigenvalue weighted by atomic mass is 35.5. The van der Waals surface area contributed by atoms with Gasteiger partial charge in [-0.05, 0) is 78.8 Å². The van der Waals surface area contributed by atoms with E-state index in [-0.39, 0.29) is 23.9 Å². The van der Waals surface area contributed by atoms with Crippen molar-refractivity contribution < 1.29 is 9.59 Å². The van der Waals surface area contributed by atoms with Crippen molar-refractivity contribution in [3.63, 3.8) is 0 Å². The van der Waals surface area contributed by atoms with Gasteiger partial charge in [-0.2, -0.15) is 0 Å². The predicted molar refractivity (Wildman–Crippen MR) is 166 cm³/mol. The third-order valence-corrected chi connectivity index (χ3v) is 9.46. The average Bonchev–Trinajstić information content (AvgIpc) is 3.37. The summed E-state index contributed by atoms with van der Waals surface area (Å²) in [4.78, 5) is 33.7. The van der Waals surface area contributed by atoms with Crippen LogP contribution in [0.15, 0.2) is 103 Å². The van der Waals surface area contributed by atoms with Crippen molar-refractivity contribution in [2.75, 3.05) is 0 Å². The normalized spacial score (nSPS) is 16.8. The number of amides is 2. The second-order valence-electron chi connectivity index (χ2n) is 10.5. The van der Waals surface area contributed by atoms with Gasteiger partial charge in [-0.3, -0.25) is 14.6 Å². The molecule has 0 unspecified atom stereocenters. The Bertz CT molecular complexity index is 1660. The molecule has 2 heterocycles. The number of thiophene rings is 1. The van der Waals surface area contributed by atoms with E-state index in [1.165, 1.54) is 11.3 Å². The number of hydrogen-bond acceptors (Lipinski definition) is 4. The van der Waals surface area contributed by atoms with Crippen LogP contribution in [0.4, 0.5) is 0 Å². The van der Waals surface area contributed by atoms with Crippen LogP contribution in [0.25, 0.3) is 21.2 Å². The molecule has 0 atom stereocenters. The first-order chi connectivity index (χ1) is 20.1. The molecule has 2 aromatic heterocycles. The van der Waals surface area contributed by atoms with Gasteiger partial charge in [0.25, 0.3) is 11.8 Å². The lowest BCUT2D eigenvalue weighted by Gasteiger charge is -2.37. The number of carbonyl (C=O) groups is 2. The molecule has 0 aliphatic heterocycles. The summed E-state index contributed by atoms with van der Waals surface area (Å²) in [5.41, 5.74) is 3.90. The Labute approximate surface area is 248 Å². The lowest BCUT2D eigenvalue weighted by molar-refractivity contribution is 0.0597. The lowest BCUT2D eigenvalue weighted by Crippen LogP contribution is -2.45. The van der Waals surface area contributed by atoms with E-state index in [1.54, 1.807) is 12.4 Å². The van der Waals surface area contributed by atoms with Gasteiger partial charge < -0.3 is 10.2 Å². The minimum atomic E-state index is -0.0491. The number of nitrogens with zero attached hydrogens (tertiary/aromatic N) is 2. The molecular weight excluding hydrogens is 550 g/mol. The molecule has 6 rings (SSSR count). The molecule has 5 nitrogen and oxygen atoms in total. The molecule has 0 saturated heterocycles. The molecule has 2 amide bonds. The molecule has 1 N–H and O–H groups in total. The molecule has 3 aromatic carbocycles. The van der Waals surface area contributed by atoms with Crippen LogP contribution in [0, 0.1) is 0 Å². The molecule has 1 saturated carbocycles. The number of halogens is 1. The number of fused-ring (bicyclic) bond motifs is 1. The third kappa shape index (κ3) is 6.04. The van der Waals surface area contributed by atoms with Crippen molar-refractivity contribution in [1.82, 2.24) is 15.2 Å². The summed E-state index contributed by atoms with van der Waals surface area (Å²) in [6.07, 6.45) is 6.80. The second kappa shape index (κ2) is 12.2. The van der Waals surface area contributed by atoms with Crippen LogP contribution >= 0.6 is 22.9 Å². The van der Waals surface area contributed by atoms with E-state index >= 15 is 0 Å². The van der Waals surface area contributed by atoms with Gasteiger partial charge in [0.2, 0.25) is 0 Å². The highest BCUT2D eigenvalue weighted by Gasteiger charge is 2.32. The molecule has 5 aromatic rings. The van der Waals surface area contributed by atoms with Gasteiger partial charge in [0.05, 0.1) is 5.02 Å². The highest BCUT2D eigenvalue weighted by molar-refractivity contribution is 7.21. The topological polar surface area (TPSA) is 62.3 Å². The first-order valence-electron chi connectivity index (χ1n) is 13.9. The van der Waals surface area contributed by atoms with Crippen LogP contribution in [-0.2, 0) is 6.54 Å². The average molecular weight is 580 g/mol. The maximum absolute atomic E-state index is 14.2. The fourth-order valence-electron chi connectivity index (χ4n) is 5.63. The molecule has 0 radical (unpaired) electrons. The Morgan fingerprint density at radius 2 is 1.59 bits per heavy atom. The maximum atomic E-state index is 14.2. The van der Waals surface area contributed by atoms with Crippen molar-refractivity contribution in [2.24, 2.45) is 0 Å². The van der Waals surface area contributed by atoms with E-state index < -0.39 is 0 Å². The van der Waals surface area contributed by atoms with Gasteiger partial charge in [-0.25, -0.2) is 0 Å². The molecule has 1 aliphatic carbocycles. The van der Waals surface area contributed by atoms with Crippen LogP contribution in [-0.4, -0.2) is 33.8 Å². The summed E-state index contributed by atoms with van der Waals surface area (Å²) in [6.45, 7) is 0.480. The van der Waals surface area contributed by atoms with E-state index in [0.717, 1.165) is 52.5 Å². The monoisotopic (exact) mass is 579 g/mol. The van der Waals surface area contributed by atoms with Crippen molar-refractivity contribution in [2.45, 2.75) is 44.3 Å². The van der Waals surface area contributed by atoms with Gasteiger partial charge in [0.15, 0.2) is 0 Å². The Hall–Kier alpha value is -4.00. The SMILES string of the molecule is O=C(NC1CCC(N(Cc2cccc(-c3ccncc3)c2)C(=O)c2sc3ccccc3c2Cl)CC1)c1ccccc1. The summed E-state index contributed by atoms with van der Waals surface area (Å²) in [5, 5.41) is 4.63. The van der Waals surface area contributed by atoms with Gasteiger partial charge in [-0.15, -0.1) is 11.3 Å². The minimum absolute atomic E-state index is 0.0396. The summed E-state index contributed by atoms with van der Waals surface area (Å²) in [5.74, 6) is -0.0887. The number of benzene rings is 3. The number of rotatable bonds is 7. The van der Waals surface area contributed by atoms with Gasteiger partial charge in [0, 0.05) is 46.7 Å². The molecule has 41 heavy (non-hydrogen) atoms. The van der Waals surface area contributed by atoms with Crippen LogP contribution in [0.1, 0.15) is 51.3 Å². The zero-order chi connectivity index (χ0) is 28.2. The summed E-state index contributed by atoms with van der Waals surface area (Å²) in [6, 6.07) is 29.6. The lowest BCUT2D eigenvalue weighted by atomic mass is 9.89. The Morgan fingerprint density at radius 3 is 2.34 bits per heavy atom. The van der Waals surface area contributed by atoms with E-state index in [1.807, 2.05) is 77.7 Å². The van der Waals surface area contributed by atoms with Crippen molar-refractivity contribution in [3.05, 3.63) is 124 Å². The number of carbonyl (C=O) groups excluding carboxylic acids is 2. The highest BCUT2D eigenvalue weighted by Crippen LogP contribution is 2.37. The standard InChI is InChI=1S/C34H30ClN3O2S/c35-31-29-11-4-5-12-30(29)41-32(31)34(40)38(22-23-7-6-10-26(21-23)24-17-19-36-20-18-24)28-15-13-27(14-16-28)37-33(39)25-8-2-1-3-9-25/h1-12,17-21,27-28H,13-16,22H2,(H,37,39). The van der Waals surface area contributed by atoms with Crippen molar-refractivity contribution >= 4 is 44.8 Å². The van der Waals surface area contributed by atoms with Gasteiger partial charge >= 0.3 is 0 Å². The molecular formula is C34H30ClN3O2S. The second-order valence-corrected chi connectivity index (χ2v) is 11.9. The van der Waals surface area contributed by atoms with Crippen molar-refractivity contribution in [1.29, 1.82) is 0 Å². The Balaban J connectivity index is 1.24. The van der Waals surface area contributed by atoms with E-state index in [2.05, 4.69) is 28.5 Å². The van der Waals surface area contributed by atoms with Crippen LogP contribution in [0.3, 0.4) is 0 Å². The van der Waals surface area contributed by atoms with Crippen LogP contribution in [0.5, 0.6) is 0 Å². The Morgan fingerprint density at radius 1 is 0.854 bits per heavy atom. The number of nitrogens with one attached hydrogen (secondary N) is 1. The Kier molecular flexibility index (Phi) is 8.12. The molecule has 7 heteroatoms. The summed E-state index contributed by atoms with van der Waals surface area (Å²) >= 11 is 8.25. The summed E-state index contributed by atoms with van der Waals surface area (Å²) in [7, 11) is 0. The van der Waals surface area contributed by atoms with E-state index in [9.17, 15) is 9.59 Å². The number of pyridine rings is 1. The largest absolute Gasteiger partial charge is 0.349 e. The van der Waals surface area contributed by atoms with Crippen LogP contribution in [0.2, 0.25) is 5.02 Å². The first kappa shape index (κ1) is 27.2. The zero-order valence-electron chi connectivity index (χ0n) is 22.5. The number of aromatic nitrogens is 1. The molecule has 0 spiro atoms. The molecule has 0 bridgehead atoms. The maximum Gasteiger partial charge on any atom is 0.266 e. The molecule has 206 valence electrons.